The Balaban J connectivity index is 1.72. The first-order valence-corrected chi connectivity index (χ1v) is 10.8. The minimum absolute atomic E-state index is 0.285. The van der Waals surface area contributed by atoms with Crippen LogP contribution in [-0.2, 0) is 24.1 Å². The van der Waals surface area contributed by atoms with E-state index in [1.54, 1.807) is 23.5 Å². The van der Waals surface area contributed by atoms with Crippen molar-refractivity contribution in [3.63, 3.8) is 0 Å². The number of ether oxygens (including phenoxy) is 1. The Labute approximate surface area is 178 Å². The Kier molecular flexibility index (Phi) is 6.98. The van der Waals surface area contributed by atoms with E-state index in [1.807, 2.05) is 13.0 Å². The number of hydrogen-bond donors (Lipinski definition) is 2. The number of esters is 1. The largest absolute Gasteiger partial charge is 0.462 e. The zero-order valence-corrected chi connectivity index (χ0v) is 18.0. The van der Waals surface area contributed by atoms with Gasteiger partial charge in [-0.25, -0.2) is 4.79 Å². The van der Waals surface area contributed by atoms with Crippen LogP contribution in [0.1, 0.15) is 46.1 Å². The molecule has 0 amide bonds. The number of carbonyl (C=O) groups is 1. The first kappa shape index (κ1) is 20.4. The Morgan fingerprint density at radius 2 is 2.04 bits per heavy atom. The van der Waals surface area contributed by atoms with Crippen molar-refractivity contribution in [3.05, 3.63) is 49.8 Å². The molecule has 0 fully saturated rings. The third kappa shape index (κ3) is 4.93. The highest BCUT2D eigenvalue weighted by atomic mass is 35.5. The predicted octanol–water partition coefficient (Wildman–Crippen LogP) is 5.60. The topological polar surface area (TPSA) is 50.4 Å². The molecule has 0 aliphatic heterocycles. The van der Waals surface area contributed by atoms with Crippen LogP contribution in [0, 0.1) is 0 Å². The van der Waals surface area contributed by atoms with Crippen LogP contribution in [0.5, 0.6) is 0 Å². The molecule has 0 unspecified atom stereocenters. The van der Waals surface area contributed by atoms with E-state index in [-0.39, 0.29) is 5.97 Å². The third-order valence-electron chi connectivity index (χ3n) is 4.32. The van der Waals surface area contributed by atoms with Crippen molar-refractivity contribution in [2.24, 2.45) is 0 Å². The lowest BCUT2D eigenvalue weighted by Crippen LogP contribution is -2.28. The lowest BCUT2D eigenvalue weighted by molar-refractivity contribution is 0.0526. The maximum atomic E-state index is 12.5. The van der Waals surface area contributed by atoms with Gasteiger partial charge in [0.1, 0.15) is 5.00 Å². The zero-order valence-electron chi connectivity index (χ0n) is 14.9. The number of anilines is 1. The summed E-state index contributed by atoms with van der Waals surface area (Å²) >= 11 is 19.0. The van der Waals surface area contributed by atoms with Crippen LogP contribution < -0.4 is 10.6 Å². The number of fused-ring (bicyclic) bond motifs is 1. The fourth-order valence-corrected chi connectivity index (χ4v) is 4.89. The van der Waals surface area contributed by atoms with Gasteiger partial charge in [-0.05, 0) is 68.1 Å². The minimum Gasteiger partial charge on any atom is -0.462 e. The number of aryl methyl sites for hydroxylation is 1. The fraction of sp³-hybridized carbons (Fsp3) is 0.368. The molecule has 4 nitrogen and oxygen atoms in total. The van der Waals surface area contributed by atoms with E-state index in [4.69, 9.17) is 40.2 Å². The molecule has 1 aromatic heterocycles. The van der Waals surface area contributed by atoms with Gasteiger partial charge in [-0.3, -0.25) is 0 Å². The van der Waals surface area contributed by atoms with Gasteiger partial charge in [0.05, 0.1) is 22.2 Å². The number of thiocarbonyl (C=S) groups is 1. The molecule has 1 aliphatic carbocycles. The van der Waals surface area contributed by atoms with Crippen molar-refractivity contribution in [1.29, 1.82) is 0 Å². The van der Waals surface area contributed by atoms with Gasteiger partial charge in [-0.15, -0.1) is 11.3 Å². The lowest BCUT2D eigenvalue weighted by atomic mass is 9.95. The Morgan fingerprint density at radius 3 is 2.78 bits per heavy atom. The number of rotatable bonds is 5. The summed E-state index contributed by atoms with van der Waals surface area (Å²) in [6.07, 6.45) is 4.15. The average molecular weight is 443 g/mol. The molecule has 0 saturated carbocycles. The van der Waals surface area contributed by atoms with Crippen LogP contribution in [0.25, 0.3) is 0 Å². The SMILES string of the molecule is CCOC(=O)c1c(NC(=S)NCc2ccc(Cl)c(Cl)c2)sc2c1CCCC2. The van der Waals surface area contributed by atoms with Crippen molar-refractivity contribution < 1.29 is 9.53 Å². The molecule has 27 heavy (non-hydrogen) atoms. The maximum Gasteiger partial charge on any atom is 0.341 e. The van der Waals surface area contributed by atoms with Crippen LogP contribution in [-0.4, -0.2) is 17.7 Å². The van der Waals surface area contributed by atoms with Gasteiger partial charge in [-0.2, -0.15) is 0 Å². The summed E-state index contributed by atoms with van der Waals surface area (Å²) in [6.45, 7) is 2.67. The van der Waals surface area contributed by atoms with Gasteiger partial charge in [0.25, 0.3) is 0 Å². The second-order valence-electron chi connectivity index (χ2n) is 6.19. The van der Waals surface area contributed by atoms with Gasteiger partial charge >= 0.3 is 5.97 Å². The minimum atomic E-state index is -0.285. The quantitative estimate of drug-likeness (QED) is 0.466. The molecule has 0 atom stereocenters. The van der Waals surface area contributed by atoms with Gasteiger partial charge < -0.3 is 15.4 Å². The molecule has 2 aromatic rings. The van der Waals surface area contributed by atoms with Crippen molar-refractivity contribution in [1.82, 2.24) is 5.32 Å². The monoisotopic (exact) mass is 442 g/mol. The summed E-state index contributed by atoms with van der Waals surface area (Å²) in [6, 6.07) is 5.44. The van der Waals surface area contributed by atoms with E-state index in [0.29, 0.717) is 33.9 Å². The maximum absolute atomic E-state index is 12.5. The average Bonchev–Trinajstić information content (AvgIpc) is 3.00. The number of nitrogens with one attached hydrogen (secondary N) is 2. The Morgan fingerprint density at radius 1 is 1.26 bits per heavy atom. The molecule has 1 aliphatic rings. The smallest absolute Gasteiger partial charge is 0.341 e. The van der Waals surface area contributed by atoms with Crippen LogP contribution in [0.4, 0.5) is 5.00 Å². The van der Waals surface area contributed by atoms with Gasteiger partial charge in [0, 0.05) is 11.4 Å². The summed E-state index contributed by atoms with van der Waals surface area (Å²) in [7, 11) is 0. The normalized spacial score (nSPS) is 13.0. The van der Waals surface area contributed by atoms with Crippen LogP contribution in [0.15, 0.2) is 18.2 Å². The molecule has 0 spiro atoms. The molecule has 0 bridgehead atoms. The van der Waals surface area contributed by atoms with Crippen molar-refractivity contribution in [3.8, 4) is 0 Å². The number of benzene rings is 1. The summed E-state index contributed by atoms with van der Waals surface area (Å²) in [5, 5.41) is 8.56. The highest BCUT2D eigenvalue weighted by Gasteiger charge is 2.26. The predicted molar refractivity (Wildman–Crippen MR) is 116 cm³/mol. The number of halogens is 2. The van der Waals surface area contributed by atoms with E-state index in [9.17, 15) is 4.79 Å². The molecule has 144 valence electrons. The molecule has 8 heteroatoms. The zero-order chi connectivity index (χ0) is 19.4. The van der Waals surface area contributed by atoms with Crippen molar-refractivity contribution in [2.45, 2.75) is 39.2 Å². The second kappa shape index (κ2) is 9.24. The molecule has 2 N–H and O–H groups in total. The standard InChI is InChI=1S/C19H20Cl2N2O2S2/c1-2-25-18(24)16-12-5-3-4-6-15(12)27-17(16)23-19(26)22-10-11-7-8-13(20)14(21)9-11/h7-9H,2-6,10H2,1H3,(H2,22,23,26). The number of thiophene rings is 1. The first-order chi connectivity index (χ1) is 13.0. The summed E-state index contributed by atoms with van der Waals surface area (Å²) < 4.78 is 5.27. The fourth-order valence-electron chi connectivity index (χ4n) is 3.05. The molecule has 1 aromatic carbocycles. The molecular weight excluding hydrogens is 423 g/mol. The summed E-state index contributed by atoms with van der Waals surface area (Å²) in [5.74, 6) is -0.285. The molecular formula is C19H20Cl2N2O2S2. The van der Waals surface area contributed by atoms with Gasteiger partial charge in [0.2, 0.25) is 0 Å². The van der Waals surface area contributed by atoms with E-state index in [0.717, 1.165) is 41.8 Å². The number of carbonyl (C=O) groups excluding carboxylic acids is 1. The highest BCUT2D eigenvalue weighted by molar-refractivity contribution is 7.80. The van der Waals surface area contributed by atoms with Gasteiger partial charge in [-0.1, -0.05) is 29.3 Å². The third-order valence-corrected chi connectivity index (χ3v) is 6.51. The van der Waals surface area contributed by atoms with Crippen molar-refractivity contribution in [2.75, 3.05) is 11.9 Å². The van der Waals surface area contributed by atoms with Crippen LogP contribution >= 0.6 is 46.8 Å². The Bertz CT molecular complexity index is 868. The van der Waals surface area contributed by atoms with E-state index >= 15 is 0 Å². The Hall–Kier alpha value is -1.34. The molecule has 0 radical (unpaired) electrons. The molecule has 3 rings (SSSR count). The second-order valence-corrected chi connectivity index (χ2v) is 8.52. The highest BCUT2D eigenvalue weighted by Crippen LogP contribution is 2.38. The van der Waals surface area contributed by atoms with Crippen LogP contribution in [0.2, 0.25) is 10.0 Å². The lowest BCUT2D eigenvalue weighted by Gasteiger charge is -2.13. The first-order valence-electron chi connectivity index (χ1n) is 8.80. The summed E-state index contributed by atoms with van der Waals surface area (Å²) in [4.78, 5) is 13.7. The van der Waals surface area contributed by atoms with Crippen molar-refractivity contribution >= 4 is 62.8 Å². The van der Waals surface area contributed by atoms with Crippen LogP contribution in [0.3, 0.4) is 0 Å². The van der Waals surface area contributed by atoms with Gasteiger partial charge in [0.15, 0.2) is 5.11 Å². The summed E-state index contributed by atoms with van der Waals surface area (Å²) in [5.41, 5.74) is 2.71. The van der Waals surface area contributed by atoms with E-state index in [2.05, 4.69) is 10.6 Å². The molecule has 1 heterocycles. The van der Waals surface area contributed by atoms with E-state index < -0.39 is 0 Å². The van der Waals surface area contributed by atoms with E-state index in [1.165, 1.54) is 4.88 Å². The molecule has 0 saturated heterocycles. The number of hydrogen-bond acceptors (Lipinski definition) is 4.